The third-order valence-corrected chi connectivity index (χ3v) is 3.52. The SMILES string of the molecule is CC(NC(=O)c1cnc(Nc2ccccc2)nc1)c1cnn(C)c1. The van der Waals surface area contributed by atoms with Crippen LogP contribution >= 0.6 is 0 Å². The number of para-hydroxylation sites is 1. The molecule has 2 heterocycles. The van der Waals surface area contributed by atoms with E-state index >= 15 is 0 Å². The van der Waals surface area contributed by atoms with Gasteiger partial charge in [0.1, 0.15) is 0 Å². The second kappa shape index (κ2) is 6.91. The monoisotopic (exact) mass is 322 g/mol. The molecule has 1 atom stereocenters. The molecule has 1 unspecified atom stereocenters. The molecule has 2 N–H and O–H groups in total. The summed E-state index contributed by atoms with van der Waals surface area (Å²) in [5, 5.41) is 10.1. The van der Waals surface area contributed by atoms with Crippen LogP contribution < -0.4 is 10.6 Å². The predicted molar refractivity (Wildman–Crippen MR) is 90.8 cm³/mol. The van der Waals surface area contributed by atoms with Crippen molar-refractivity contribution < 1.29 is 4.79 Å². The first-order chi connectivity index (χ1) is 11.6. The van der Waals surface area contributed by atoms with Crippen LogP contribution in [0.4, 0.5) is 11.6 Å². The molecule has 0 radical (unpaired) electrons. The van der Waals surface area contributed by atoms with Crippen molar-refractivity contribution in [2.75, 3.05) is 5.32 Å². The van der Waals surface area contributed by atoms with Gasteiger partial charge in [-0.15, -0.1) is 0 Å². The van der Waals surface area contributed by atoms with E-state index in [1.165, 1.54) is 12.4 Å². The highest BCUT2D eigenvalue weighted by Crippen LogP contribution is 2.13. The summed E-state index contributed by atoms with van der Waals surface area (Å²) in [6, 6.07) is 9.46. The quantitative estimate of drug-likeness (QED) is 0.753. The van der Waals surface area contributed by atoms with Gasteiger partial charge in [-0.1, -0.05) is 18.2 Å². The minimum absolute atomic E-state index is 0.145. The van der Waals surface area contributed by atoms with Crippen molar-refractivity contribution in [1.29, 1.82) is 0 Å². The second-order valence-electron chi connectivity index (χ2n) is 5.43. The lowest BCUT2D eigenvalue weighted by Gasteiger charge is -2.12. The molecular formula is C17H18N6O. The molecule has 0 aliphatic carbocycles. The Kier molecular flexibility index (Phi) is 4.51. The molecule has 0 aliphatic rings. The summed E-state index contributed by atoms with van der Waals surface area (Å²) in [6.07, 6.45) is 6.61. The molecular weight excluding hydrogens is 304 g/mol. The Labute approximate surface area is 139 Å². The number of nitrogens with one attached hydrogen (secondary N) is 2. The van der Waals surface area contributed by atoms with E-state index in [0.29, 0.717) is 11.5 Å². The molecule has 1 amide bonds. The fourth-order valence-electron chi connectivity index (χ4n) is 2.19. The van der Waals surface area contributed by atoms with Gasteiger partial charge in [0.2, 0.25) is 5.95 Å². The molecule has 0 spiro atoms. The van der Waals surface area contributed by atoms with Gasteiger partial charge >= 0.3 is 0 Å². The number of amides is 1. The highest BCUT2D eigenvalue weighted by Gasteiger charge is 2.13. The van der Waals surface area contributed by atoms with E-state index in [2.05, 4.69) is 25.7 Å². The number of anilines is 2. The lowest BCUT2D eigenvalue weighted by molar-refractivity contribution is 0.0939. The topological polar surface area (TPSA) is 84.7 Å². The van der Waals surface area contributed by atoms with Gasteiger partial charge in [0.15, 0.2) is 0 Å². The normalized spacial score (nSPS) is 11.8. The molecule has 0 saturated heterocycles. The molecule has 7 heteroatoms. The average Bonchev–Trinajstić information content (AvgIpc) is 3.03. The summed E-state index contributed by atoms with van der Waals surface area (Å²) < 4.78 is 1.70. The maximum atomic E-state index is 12.3. The van der Waals surface area contributed by atoms with E-state index in [4.69, 9.17) is 0 Å². The van der Waals surface area contributed by atoms with Crippen molar-refractivity contribution in [3.05, 3.63) is 66.2 Å². The highest BCUT2D eigenvalue weighted by molar-refractivity contribution is 5.93. The minimum atomic E-state index is -0.224. The van der Waals surface area contributed by atoms with E-state index < -0.39 is 0 Å². The van der Waals surface area contributed by atoms with Crippen molar-refractivity contribution in [3.8, 4) is 0 Å². The molecule has 1 aromatic carbocycles. The number of carbonyl (C=O) groups excluding carboxylic acids is 1. The Morgan fingerprint density at radius 2 is 1.83 bits per heavy atom. The number of nitrogens with zero attached hydrogens (tertiary/aromatic N) is 4. The Balaban J connectivity index is 1.63. The molecule has 122 valence electrons. The number of aryl methyl sites for hydroxylation is 1. The largest absolute Gasteiger partial charge is 0.345 e. The minimum Gasteiger partial charge on any atom is -0.345 e. The van der Waals surface area contributed by atoms with E-state index in [1.54, 1.807) is 10.9 Å². The van der Waals surface area contributed by atoms with Gasteiger partial charge in [-0.25, -0.2) is 9.97 Å². The van der Waals surface area contributed by atoms with E-state index in [-0.39, 0.29) is 11.9 Å². The lowest BCUT2D eigenvalue weighted by Crippen LogP contribution is -2.26. The summed E-state index contributed by atoms with van der Waals surface area (Å²) in [6.45, 7) is 1.90. The molecule has 0 bridgehead atoms. The van der Waals surface area contributed by atoms with Gasteiger partial charge in [-0.3, -0.25) is 9.48 Å². The average molecular weight is 322 g/mol. The Hall–Kier alpha value is -3.22. The van der Waals surface area contributed by atoms with Crippen molar-refractivity contribution >= 4 is 17.5 Å². The zero-order valence-electron chi connectivity index (χ0n) is 13.5. The number of hydrogen-bond donors (Lipinski definition) is 2. The van der Waals surface area contributed by atoms with Crippen LogP contribution in [-0.4, -0.2) is 25.7 Å². The van der Waals surface area contributed by atoms with Gasteiger partial charge in [-0.05, 0) is 19.1 Å². The number of rotatable bonds is 5. The van der Waals surface area contributed by atoms with E-state index in [9.17, 15) is 4.79 Å². The summed E-state index contributed by atoms with van der Waals surface area (Å²) in [5.74, 6) is 0.218. The fourth-order valence-corrected chi connectivity index (χ4v) is 2.19. The van der Waals surface area contributed by atoms with Gasteiger partial charge < -0.3 is 10.6 Å². The first kappa shape index (κ1) is 15.7. The third-order valence-electron chi connectivity index (χ3n) is 3.52. The van der Waals surface area contributed by atoms with Gasteiger partial charge in [0.25, 0.3) is 5.91 Å². The molecule has 3 aromatic rings. The molecule has 7 nitrogen and oxygen atoms in total. The zero-order valence-corrected chi connectivity index (χ0v) is 13.5. The fraction of sp³-hybridized carbons (Fsp3) is 0.176. The van der Waals surface area contributed by atoms with Gasteiger partial charge in [0.05, 0.1) is 17.8 Å². The molecule has 2 aromatic heterocycles. The number of aromatic nitrogens is 4. The Morgan fingerprint density at radius 1 is 1.12 bits per heavy atom. The van der Waals surface area contributed by atoms with E-state index in [0.717, 1.165) is 11.3 Å². The van der Waals surface area contributed by atoms with Crippen molar-refractivity contribution in [3.63, 3.8) is 0 Å². The smallest absolute Gasteiger partial charge is 0.254 e. The number of benzene rings is 1. The van der Waals surface area contributed by atoms with Crippen molar-refractivity contribution in [1.82, 2.24) is 25.1 Å². The highest BCUT2D eigenvalue weighted by atomic mass is 16.1. The lowest BCUT2D eigenvalue weighted by atomic mass is 10.2. The molecule has 0 fully saturated rings. The number of hydrogen-bond acceptors (Lipinski definition) is 5. The number of carbonyl (C=O) groups is 1. The molecule has 0 saturated carbocycles. The van der Waals surface area contributed by atoms with Crippen LogP contribution in [0.5, 0.6) is 0 Å². The van der Waals surface area contributed by atoms with E-state index in [1.807, 2.05) is 50.5 Å². The summed E-state index contributed by atoms with van der Waals surface area (Å²) in [7, 11) is 1.84. The maximum absolute atomic E-state index is 12.3. The van der Waals surface area contributed by atoms with Gasteiger partial charge in [0, 0.05) is 36.9 Å². The third kappa shape index (κ3) is 3.75. The Morgan fingerprint density at radius 3 is 2.46 bits per heavy atom. The molecule has 24 heavy (non-hydrogen) atoms. The van der Waals surface area contributed by atoms with Crippen molar-refractivity contribution in [2.24, 2.45) is 7.05 Å². The summed E-state index contributed by atoms with van der Waals surface area (Å²) in [5.41, 5.74) is 2.23. The first-order valence-electron chi connectivity index (χ1n) is 7.55. The van der Waals surface area contributed by atoms with Gasteiger partial charge in [-0.2, -0.15) is 5.10 Å². The summed E-state index contributed by atoms with van der Waals surface area (Å²) >= 11 is 0. The van der Waals surface area contributed by atoms with Crippen LogP contribution in [0.25, 0.3) is 0 Å². The maximum Gasteiger partial charge on any atom is 0.254 e. The first-order valence-corrected chi connectivity index (χ1v) is 7.55. The standard InChI is InChI=1S/C17H18N6O/c1-12(14-10-20-23(2)11-14)21-16(24)13-8-18-17(19-9-13)22-15-6-4-3-5-7-15/h3-12H,1-2H3,(H,21,24)(H,18,19,22). The van der Waals surface area contributed by atoms with Crippen LogP contribution in [0.3, 0.4) is 0 Å². The molecule has 0 aliphatic heterocycles. The predicted octanol–water partition coefficient (Wildman–Crippen LogP) is 2.44. The Bertz CT molecular complexity index is 813. The van der Waals surface area contributed by atoms with Crippen LogP contribution in [-0.2, 0) is 7.05 Å². The second-order valence-corrected chi connectivity index (χ2v) is 5.43. The van der Waals surface area contributed by atoms with Crippen LogP contribution in [0.2, 0.25) is 0 Å². The zero-order chi connectivity index (χ0) is 16.9. The van der Waals surface area contributed by atoms with Crippen LogP contribution in [0.1, 0.15) is 28.9 Å². The molecule has 3 rings (SSSR count). The van der Waals surface area contributed by atoms with Crippen LogP contribution in [0, 0.1) is 0 Å². The van der Waals surface area contributed by atoms with Crippen LogP contribution in [0.15, 0.2) is 55.1 Å². The summed E-state index contributed by atoms with van der Waals surface area (Å²) in [4.78, 5) is 20.6. The van der Waals surface area contributed by atoms with Crippen molar-refractivity contribution in [2.45, 2.75) is 13.0 Å².